The molecule has 1 aliphatic rings. The van der Waals surface area contributed by atoms with Crippen molar-refractivity contribution in [3.8, 4) is 0 Å². The second kappa shape index (κ2) is 6.75. The van der Waals surface area contributed by atoms with Crippen molar-refractivity contribution >= 4 is 6.29 Å². The maximum absolute atomic E-state index is 9.82. The van der Waals surface area contributed by atoms with Gasteiger partial charge in [0.25, 0.3) is 0 Å². The number of hydrogen-bond acceptors (Lipinski definition) is 2. The molecule has 2 nitrogen and oxygen atoms in total. The van der Waals surface area contributed by atoms with Gasteiger partial charge in [-0.1, -0.05) is 13.8 Å². The van der Waals surface area contributed by atoms with E-state index >= 15 is 0 Å². The highest BCUT2D eigenvalue weighted by Gasteiger charge is 2.11. The molecule has 0 radical (unpaired) electrons. The highest BCUT2D eigenvalue weighted by molar-refractivity contribution is 5.49. The second-order valence-corrected chi connectivity index (χ2v) is 2.15. The van der Waals surface area contributed by atoms with Gasteiger partial charge in [0.2, 0.25) is 0 Å². The standard InChI is InChI=1S/C6H11NO.C2H6/c8-6-2-5-7-3-1-4-7;1-2/h6H,1-5H2;1-2H3. The van der Waals surface area contributed by atoms with Gasteiger partial charge < -0.3 is 9.69 Å². The molecule has 0 aliphatic carbocycles. The van der Waals surface area contributed by atoms with Crippen molar-refractivity contribution < 1.29 is 4.79 Å². The number of likely N-dealkylation sites (tertiary alicyclic amines) is 1. The van der Waals surface area contributed by atoms with Crippen LogP contribution >= 0.6 is 0 Å². The number of carbonyl (C=O) groups is 1. The molecule has 10 heavy (non-hydrogen) atoms. The normalized spacial score (nSPS) is 16.6. The average molecular weight is 143 g/mol. The Morgan fingerprint density at radius 1 is 1.40 bits per heavy atom. The van der Waals surface area contributed by atoms with Crippen LogP contribution in [0.25, 0.3) is 0 Å². The topological polar surface area (TPSA) is 20.3 Å². The van der Waals surface area contributed by atoms with Gasteiger partial charge in [-0.25, -0.2) is 0 Å². The van der Waals surface area contributed by atoms with E-state index in [1.54, 1.807) is 0 Å². The van der Waals surface area contributed by atoms with E-state index < -0.39 is 0 Å². The molecule has 0 amide bonds. The van der Waals surface area contributed by atoms with Gasteiger partial charge in [-0.2, -0.15) is 0 Å². The third kappa shape index (κ3) is 3.62. The van der Waals surface area contributed by atoms with Gasteiger partial charge in [0.1, 0.15) is 6.29 Å². The summed E-state index contributed by atoms with van der Waals surface area (Å²) in [6.45, 7) is 7.38. The fraction of sp³-hybridized carbons (Fsp3) is 0.875. The first-order valence-electron chi connectivity index (χ1n) is 4.09. The van der Waals surface area contributed by atoms with E-state index in [2.05, 4.69) is 4.90 Å². The van der Waals surface area contributed by atoms with Crippen LogP contribution in [0, 0.1) is 0 Å². The van der Waals surface area contributed by atoms with Crippen molar-refractivity contribution in [1.82, 2.24) is 4.90 Å². The summed E-state index contributed by atoms with van der Waals surface area (Å²) in [5.41, 5.74) is 0. The van der Waals surface area contributed by atoms with Crippen LogP contribution in [0.1, 0.15) is 26.7 Å². The molecule has 1 heterocycles. The number of aldehydes is 1. The first-order valence-corrected chi connectivity index (χ1v) is 4.09. The van der Waals surface area contributed by atoms with Crippen LogP contribution in [0.3, 0.4) is 0 Å². The minimum atomic E-state index is 0.708. The van der Waals surface area contributed by atoms with E-state index in [4.69, 9.17) is 0 Å². The number of hydrogen-bond donors (Lipinski definition) is 0. The lowest BCUT2D eigenvalue weighted by molar-refractivity contribution is -0.108. The molecule has 0 spiro atoms. The zero-order valence-corrected chi connectivity index (χ0v) is 6.97. The molecule has 0 saturated carbocycles. The minimum absolute atomic E-state index is 0.708. The molecule has 2 heteroatoms. The highest BCUT2D eigenvalue weighted by atomic mass is 16.1. The van der Waals surface area contributed by atoms with Crippen molar-refractivity contribution in [2.75, 3.05) is 19.6 Å². The molecular formula is C8H17NO. The Morgan fingerprint density at radius 3 is 2.30 bits per heavy atom. The maximum Gasteiger partial charge on any atom is 0.121 e. The molecule has 0 N–H and O–H groups in total. The molecular weight excluding hydrogens is 126 g/mol. The zero-order valence-electron chi connectivity index (χ0n) is 6.97. The number of nitrogens with zero attached hydrogens (tertiary/aromatic N) is 1. The molecule has 1 fully saturated rings. The van der Waals surface area contributed by atoms with Crippen LogP contribution in [0.4, 0.5) is 0 Å². The van der Waals surface area contributed by atoms with Gasteiger partial charge in [0.05, 0.1) is 0 Å². The van der Waals surface area contributed by atoms with Gasteiger partial charge in [-0.15, -0.1) is 0 Å². The van der Waals surface area contributed by atoms with Crippen LogP contribution in [-0.2, 0) is 4.79 Å². The Labute approximate surface area is 63.2 Å². The fourth-order valence-corrected chi connectivity index (χ4v) is 0.841. The summed E-state index contributed by atoms with van der Waals surface area (Å²) in [7, 11) is 0. The highest BCUT2D eigenvalue weighted by Crippen LogP contribution is 2.04. The molecule has 60 valence electrons. The summed E-state index contributed by atoms with van der Waals surface area (Å²) in [5.74, 6) is 0. The lowest BCUT2D eigenvalue weighted by Gasteiger charge is -2.29. The predicted molar refractivity (Wildman–Crippen MR) is 43.1 cm³/mol. The van der Waals surface area contributed by atoms with E-state index in [0.29, 0.717) is 6.42 Å². The minimum Gasteiger partial charge on any atom is -0.303 e. The first-order chi connectivity index (χ1) is 4.93. The van der Waals surface area contributed by atoms with Crippen molar-refractivity contribution in [3.63, 3.8) is 0 Å². The van der Waals surface area contributed by atoms with Gasteiger partial charge in [-0.05, 0) is 19.5 Å². The molecule has 0 unspecified atom stereocenters. The second-order valence-electron chi connectivity index (χ2n) is 2.15. The molecule has 1 saturated heterocycles. The van der Waals surface area contributed by atoms with Crippen LogP contribution in [0.2, 0.25) is 0 Å². The lowest BCUT2D eigenvalue weighted by atomic mass is 10.2. The molecule has 1 rings (SSSR count). The molecule has 0 bridgehead atoms. The van der Waals surface area contributed by atoms with E-state index in [1.807, 2.05) is 13.8 Å². The quantitative estimate of drug-likeness (QED) is 0.555. The SMILES string of the molecule is CC.O=CCCN1CCC1. The Kier molecular flexibility index (Phi) is 6.50. The molecule has 0 aromatic carbocycles. The monoisotopic (exact) mass is 143 g/mol. The fourth-order valence-electron chi connectivity index (χ4n) is 0.841. The van der Waals surface area contributed by atoms with E-state index in [0.717, 1.165) is 12.8 Å². The Hall–Kier alpha value is -0.370. The van der Waals surface area contributed by atoms with Crippen molar-refractivity contribution in [3.05, 3.63) is 0 Å². The number of carbonyl (C=O) groups excluding carboxylic acids is 1. The predicted octanol–water partition coefficient (Wildman–Crippen LogP) is 1.31. The summed E-state index contributed by atoms with van der Waals surface area (Å²) in [6.07, 6.45) is 3.01. The third-order valence-corrected chi connectivity index (χ3v) is 1.51. The van der Waals surface area contributed by atoms with Crippen LogP contribution < -0.4 is 0 Å². The largest absolute Gasteiger partial charge is 0.303 e. The maximum atomic E-state index is 9.82. The molecule has 0 atom stereocenters. The van der Waals surface area contributed by atoms with Crippen LogP contribution in [0.15, 0.2) is 0 Å². The van der Waals surface area contributed by atoms with Crippen LogP contribution in [-0.4, -0.2) is 30.8 Å². The first kappa shape index (κ1) is 9.63. The smallest absolute Gasteiger partial charge is 0.121 e. The zero-order chi connectivity index (χ0) is 7.82. The van der Waals surface area contributed by atoms with E-state index in [9.17, 15) is 4.79 Å². The van der Waals surface area contributed by atoms with E-state index in [1.165, 1.54) is 19.5 Å². The average Bonchev–Trinajstić information content (AvgIpc) is 1.90. The van der Waals surface area contributed by atoms with Crippen molar-refractivity contribution in [1.29, 1.82) is 0 Å². The Morgan fingerprint density at radius 2 is 2.00 bits per heavy atom. The van der Waals surface area contributed by atoms with E-state index in [-0.39, 0.29) is 0 Å². The lowest BCUT2D eigenvalue weighted by Crippen LogP contribution is -2.37. The third-order valence-electron chi connectivity index (χ3n) is 1.51. The van der Waals surface area contributed by atoms with Crippen LogP contribution in [0.5, 0.6) is 0 Å². The van der Waals surface area contributed by atoms with Gasteiger partial charge in [0, 0.05) is 13.0 Å². The Bertz CT molecular complexity index is 79.3. The summed E-state index contributed by atoms with van der Waals surface area (Å²) in [4.78, 5) is 12.1. The van der Waals surface area contributed by atoms with Gasteiger partial charge in [-0.3, -0.25) is 0 Å². The number of rotatable bonds is 3. The Balaban J connectivity index is 0.000000371. The molecule has 1 aliphatic heterocycles. The van der Waals surface area contributed by atoms with Crippen molar-refractivity contribution in [2.45, 2.75) is 26.7 Å². The van der Waals surface area contributed by atoms with Crippen molar-refractivity contribution in [2.24, 2.45) is 0 Å². The van der Waals surface area contributed by atoms with Gasteiger partial charge in [0.15, 0.2) is 0 Å². The summed E-state index contributed by atoms with van der Waals surface area (Å²) in [5, 5.41) is 0. The summed E-state index contributed by atoms with van der Waals surface area (Å²) >= 11 is 0. The molecule has 0 aromatic heterocycles. The summed E-state index contributed by atoms with van der Waals surface area (Å²) < 4.78 is 0. The summed E-state index contributed by atoms with van der Waals surface area (Å²) in [6, 6.07) is 0. The molecule has 0 aromatic rings. The van der Waals surface area contributed by atoms with Gasteiger partial charge >= 0.3 is 0 Å².